The highest BCUT2D eigenvalue weighted by Crippen LogP contribution is 2.15. The first-order valence-electron chi connectivity index (χ1n) is 7.16. The summed E-state index contributed by atoms with van der Waals surface area (Å²) in [7, 11) is 1.80. The van der Waals surface area contributed by atoms with Gasteiger partial charge in [0.2, 0.25) is 0 Å². The minimum absolute atomic E-state index is 0.0238. The summed E-state index contributed by atoms with van der Waals surface area (Å²) in [5.74, 6) is 0.654. The average Bonchev–Trinajstić information content (AvgIpc) is 3.03. The van der Waals surface area contributed by atoms with Crippen LogP contribution in [0.15, 0.2) is 48.8 Å². The molecule has 0 aliphatic heterocycles. The summed E-state index contributed by atoms with van der Waals surface area (Å²) in [4.78, 5) is 14.1. The smallest absolute Gasteiger partial charge is 0.253 e. The molecule has 116 valence electrons. The number of aromatic amines is 1. The highest BCUT2D eigenvalue weighted by Gasteiger charge is 2.12. The van der Waals surface area contributed by atoms with Crippen molar-refractivity contribution in [2.45, 2.75) is 13.3 Å². The summed E-state index contributed by atoms with van der Waals surface area (Å²) < 4.78 is 5.57. The summed E-state index contributed by atoms with van der Waals surface area (Å²) >= 11 is 0. The van der Waals surface area contributed by atoms with Crippen LogP contribution in [0.3, 0.4) is 0 Å². The maximum Gasteiger partial charge on any atom is 0.253 e. The standard InChI is InChI=1S/C17H21N3O2/c1-13(2)12-22-16-6-4-5-15(9-16)17(21)20(3)8-7-14-10-18-19-11-14/h4-6,9-11H,1,7-8,12H2,2-3H3,(H,18,19). The molecule has 1 amide bonds. The van der Waals surface area contributed by atoms with Gasteiger partial charge in [0.05, 0.1) is 6.20 Å². The second-order valence-corrected chi connectivity index (χ2v) is 5.36. The fourth-order valence-electron chi connectivity index (χ4n) is 1.96. The second-order valence-electron chi connectivity index (χ2n) is 5.36. The van der Waals surface area contributed by atoms with Crippen LogP contribution in [0.2, 0.25) is 0 Å². The number of nitrogens with zero attached hydrogens (tertiary/aromatic N) is 2. The number of benzene rings is 1. The molecular formula is C17H21N3O2. The molecule has 2 rings (SSSR count). The van der Waals surface area contributed by atoms with Crippen LogP contribution in [0.5, 0.6) is 5.75 Å². The third kappa shape index (κ3) is 4.48. The Morgan fingerprint density at radius 1 is 1.45 bits per heavy atom. The number of H-pyrrole nitrogens is 1. The van der Waals surface area contributed by atoms with Crippen LogP contribution < -0.4 is 4.74 Å². The van der Waals surface area contributed by atoms with E-state index in [0.29, 0.717) is 24.5 Å². The molecule has 0 spiro atoms. The quantitative estimate of drug-likeness (QED) is 0.800. The Morgan fingerprint density at radius 2 is 2.27 bits per heavy atom. The van der Waals surface area contributed by atoms with E-state index in [4.69, 9.17) is 4.74 Å². The van der Waals surface area contributed by atoms with E-state index < -0.39 is 0 Å². The van der Waals surface area contributed by atoms with Crippen molar-refractivity contribution >= 4 is 5.91 Å². The molecule has 0 radical (unpaired) electrons. The summed E-state index contributed by atoms with van der Waals surface area (Å²) in [5, 5.41) is 6.67. The molecule has 1 aromatic heterocycles. The van der Waals surface area contributed by atoms with Gasteiger partial charge < -0.3 is 9.64 Å². The lowest BCUT2D eigenvalue weighted by Crippen LogP contribution is -2.28. The highest BCUT2D eigenvalue weighted by molar-refractivity contribution is 5.94. The van der Waals surface area contributed by atoms with E-state index in [1.807, 2.05) is 25.3 Å². The Hall–Kier alpha value is -2.56. The molecule has 0 unspecified atom stereocenters. The van der Waals surface area contributed by atoms with Gasteiger partial charge in [-0.2, -0.15) is 5.10 Å². The van der Waals surface area contributed by atoms with Gasteiger partial charge in [-0.25, -0.2) is 0 Å². The third-order valence-electron chi connectivity index (χ3n) is 3.20. The van der Waals surface area contributed by atoms with Crippen LogP contribution in [0.25, 0.3) is 0 Å². The lowest BCUT2D eigenvalue weighted by atomic mass is 10.1. The van der Waals surface area contributed by atoms with Crippen LogP contribution in [0, 0.1) is 0 Å². The van der Waals surface area contributed by atoms with Crippen molar-refractivity contribution in [2.75, 3.05) is 20.2 Å². The van der Waals surface area contributed by atoms with Crippen LogP contribution in [0.4, 0.5) is 0 Å². The van der Waals surface area contributed by atoms with Crippen LogP contribution in [-0.4, -0.2) is 41.2 Å². The van der Waals surface area contributed by atoms with Gasteiger partial charge in [0.25, 0.3) is 5.91 Å². The van der Waals surface area contributed by atoms with Gasteiger partial charge in [0.15, 0.2) is 0 Å². The fourth-order valence-corrected chi connectivity index (χ4v) is 1.96. The molecule has 0 bridgehead atoms. The molecule has 0 aliphatic rings. The highest BCUT2D eigenvalue weighted by atomic mass is 16.5. The van der Waals surface area contributed by atoms with Gasteiger partial charge in [-0.1, -0.05) is 12.6 Å². The minimum atomic E-state index is -0.0238. The number of rotatable bonds is 7. The average molecular weight is 299 g/mol. The van der Waals surface area contributed by atoms with Crippen LogP contribution >= 0.6 is 0 Å². The molecule has 2 aromatic rings. The van der Waals surface area contributed by atoms with Crippen LogP contribution in [-0.2, 0) is 6.42 Å². The largest absolute Gasteiger partial charge is 0.489 e. The molecule has 0 aliphatic carbocycles. The predicted octanol–water partition coefficient (Wildman–Crippen LogP) is 2.68. The summed E-state index contributed by atoms with van der Waals surface area (Å²) in [6.07, 6.45) is 4.37. The van der Waals surface area contributed by atoms with Gasteiger partial charge in [-0.3, -0.25) is 9.89 Å². The van der Waals surface area contributed by atoms with Crippen molar-refractivity contribution in [1.29, 1.82) is 0 Å². The Morgan fingerprint density at radius 3 is 2.95 bits per heavy atom. The molecule has 0 fully saturated rings. The van der Waals surface area contributed by atoms with Crippen molar-refractivity contribution < 1.29 is 9.53 Å². The first-order chi connectivity index (χ1) is 10.6. The molecular weight excluding hydrogens is 278 g/mol. The SMILES string of the molecule is C=C(C)COc1cccc(C(=O)N(C)CCc2cn[nH]c2)c1. The molecule has 5 nitrogen and oxygen atoms in total. The number of ether oxygens (including phenoxy) is 1. The molecule has 1 heterocycles. The lowest BCUT2D eigenvalue weighted by molar-refractivity contribution is 0.0796. The van der Waals surface area contributed by atoms with E-state index >= 15 is 0 Å². The maximum absolute atomic E-state index is 12.4. The molecule has 1 N–H and O–H groups in total. The number of hydrogen-bond donors (Lipinski definition) is 1. The van der Waals surface area contributed by atoms with Gasteiger partial charge in [-0.15, -0.1) is 0 Å². The van der Waals surface area contributed by atoms with E-state index in [9.17, 15) is 4.79 Å². The van der Waals surface area contributed by atoms with E-state index in [1.165, 1.54) is 0 Å². The maximum atomic E-state index is 12.4. The van der Waals surface area contributed by atoms with Crippen molar-refractivity contribution in [3.05, 3.63) is 59.9 Å². The first kappa shape index (κ1) is 15.8. The van der Waals surface area contributed by atoms with E-state index in [0.717, 1.165) is 17.6 Å². The summed E-state index contributed by atoms with van der Waals surface area (Å²) in [5.41, 5.74) is 2.64. The Kier molecular flexibility index (Phi) is 5.36. The first-order valence-corrected chi connectivity index (χ1v) is 7.16. The number of nitrogens with one attached hydrogen (secondary N) is 1. The normalized spacial score (nSPS) is 10.3. The predicted molar refractivity (Wildman–Crippen MR) is 86.0 cm³/mol. The number of aromatic nitrogens is 2. The van der Waals surface area contributed by atoms with Crippen molar-refractivity contribution in [2.24, 2.45) is 0 Å². The topological polar surface area (TPSA) is 58.2 Å². The zero-order valence-electron chi connectivity index (χ0n) is 13.0. The van der Waals surface area contributed by atoms with Crippen molar-refractivity contribution in [3.63, 3.8) is 0 Å². The number of carbonyl (C=O) groups is 1. The van der Waals surface area contributed by atoms with Crippen LogP contribution in [0.1, 0.15) is 22.8 Å². The summed E-state index contributed by atoms with van der Waals surface area (Å²) in [6.45, 7) is 6.78. The van der Waals surface area contributed by atoms with E-state index in [1.54, 1.807) is 30.3 Å². The Bertz CT molecular complexity index is 635. The molecule has 0 atom stereocenters. The number of hydrogen-bond acceptors (Lipinski definition) is 3. The lowest BCUT2D eigenvalue weighted by Gasteiger charge is -2.17. The van der Waals surface area contributed by atoms with Gasteiger partial charge in [0.1, 0.15) is 12.4 Å². The fraction of sp³-hybridized carbons (Fsp3) is 0.294. The van der Waals surface area contributed by atoms with Crippen molar-refractivity contribution in [1.82, 2.24) is 15.1 Å². The summed E-state index contributed by atoms with van der Waals surface area (Å²) in [6, 6.07) is 7.22. The minimum Gasteiger partial charge on any atom is -0.489 e. The van der Waals surface area contributed by atoms with E-state index in [-0.39, 0.29) is 5.91 Å². The molecule has 5 heteroatoms. The van der Waals surface area contributed by atoms with Gasteiger partial charge >= 0.3 is 0 Å². The molecule has 1 aromatic carbocycles. The monoisotopic (exact) mass is 299 g/mol. The third-order valence-corrected chi connectivity index (χ3v) is 3.20. The number of carbonyl (C=O) groups excluding carboxylic acids is 1. The number of amides is 1. The Balaban J connectivity index is 1.95. The van der Waals surface area contributed by atoms with Gasteiger partial charge in [0, 0.05) is 25.4 Å². The second kappa shape index (κ2) is 7.45. The molecule has 0 saturated carbocycles. The molecule has 22 heavy (non-hydrogen) atoms. The van der Waals surface area contributed by atoms with Crippen molar-refractivity contribution in [3.8, 4) is 5.75 Å². The number of likely N-dealkylation sites (N-methyl/N-ethyl adjacent to an activating group) is 1. The Labute approximate surface area is 130 Å². The molecule has 0 saturated heterocycles. The zero-order chi connectivity index (χ0) is 15.9. The van der Waals surface area contributed by atoms with E-state index in [2.05, 4.69) is 16.8 Å². The van der Waals surface area contributed by atoms with Gasteiger partial charge in [-0.05, 0) is 42.7 Å². The zero-order valence-corrected chi connectivity index (χ0v) is 13.0.